The number of ether oxygens (including phenoxy) is 1. The number of amides is 1. The van der Waals surface area contributed by atoms with Gasteiger partial charge in [0.15, 0.2) is 5.69 Å². The first-order chi connectivity index (χ1) is 9.65. The second kappa shape index (κ2) is 5.58. The van der Waals surface area contributed by atoms with E-state index in [1.807, 2.05) is 0 Å². The molecule has 0 aromatic carbocycles. The zero-order valence-corrected chi connectivity index (χ0v) is 13.6. The van der Waals surface area contributed by atoms with E-state index < -0.39 is 20.6 Å². The summed E-state index contributed by atoms with van der Waals surface area (Å²) in [7, 11) is 2.94. The van der Waals surface area contributed by atoms with Gasteiger partial charge in [-0.15, -0.1) is 0 Å². The second-order valence-electron chi connectivity index (χ2n) is 5.67. The van der Waals surface area contributed by atoms with Crippen molar-refractivity contribution in [3.8, 4) is 0 Å². The Bertz CT molecular complexity index is 649. The van der Waals surface area contributed by atoms with Crippen molar-refractivity contribution >= 4 is 25.6 Å². The smallest absolute Gasteiger partial charge is 0.273 e. The topological polar surface area (TPSA) is 101 Å². The van der Waals surface area contributed by atoms with Crippen LogP contribution in [0.4, 0.5) is 0 Å². The summed E-state index contributed by atoms with van der Waals surface area (Å²) in [6.07, 6.45) is 1.72. The summed E-state index contributed by atoms with van der Waals surface area (Å²) >= 11 is 0. The van der Waals surface area contributed by atoms with Gasteiger partial charge >= 0.3 is 0 Å². The SMILES string of the molecule is COC(C)(C)CNC(=O)c1n[nH]c(C2CC2)c1S(=O)(=O)Cl. The Balaban J connectivity index is 2.26. The number of halogens is 1. The minimum Gasteiger partial charge on any atom is -0.377 e. The highest BCUT2D eigenvalue weighted by Gasteiger charge is 2.36. The Labute approximate surface area is 127 Å². The molecule has 1 aromatic rings. The van der Waals surface area contributed by atoms with Gasteiger partial charge in [-0.25, -0.2) is 8.42 Å². The van der Waals surface area contributed by atoms with Crippen molar-refractivity contribution in [3.63, 3.8) is 0 Å². The lowest BCUT2D eigenvalue weighted by Crippen LogP contribution is -2.40. The Morgan fingerprint density at radius 2 is 2.14 bits per heavy atom. The van der Waals surface area contributed by atoms with E-state index in [4.69, 9.17) is 15.4 Å². The van der Waals surface area contributed by atoms with Crippen molar-refractivity contribution < 1.29 is 17.9 Å². The van der Waals surface area contributed by atoms with Crippen LogP contribution in [-0.2, 0) is 13.8 Å². The standard InChI is InChI=1S/C12H18ClN3O4S/c1-12(2,20-3)6-14-11(17)9-10(21(13,18)19)8(15-16-9)7-4-5-7/h7H,4-6H2,1-3H3,(H,14,17)(H,15,16). The molecule has 118 valence electrons. The van der Waals surface area contributed by atoms with Crippen LogP contribution in [0.1, 0.15) is 48.8 Å². The monoisotopic (exact) mass is 335 g/mol. The third kappa shape index (κ3) is 3.75. The fourth-order valence-electron chi connectivity index (χ4n) is 1.84. The van der Waals surface area contributed by atoms with Gasteiger partial charge in [0.05, 0.1) is 11.3 Å². The highest BCUT2D eigenvalue weighted by molar-refractivity contribution is 8.13. The number of hydrogen-bond donors (Lipinski definition) is 2. The van der Waals surface area contributed by atoms with Gasteiger partial charge in [-0.2, -0.15) is 5.10 Å². The van der Waals surface area contributed by atoms with Crippen molar-refractivity contribution in [1.29, 1.82) is 0 Å². The van der Waals surface area contributed by atoms with E-state index in [0.717, 1.165) is 12.8 Å². The molecule has 0 aliphatic heterocycles. The minimum absolute atomic E-state index is 0.0815. The zero-order valence-electron chi connectivity index (χ0n) is 12.1. The number of aromatic nitrogens is 2. The molecule has 21 heavy (non-hydrogen) atoms. The molecule has 0 radical (unpaired) electrons. The van der Waals surface area contributed by atoms with Crippen molar-refractivity contribution in [2.24, 2.45) is 0 Å². The summed E-state index contributed by atoms with van der Waals surface area (Å²) in [4.78, 5) is 11.9. The van der Waals surface area contributed by atoms with E-state index in [1.165, 1.54) is 7.11 Å². The number of aromatic amines is 1. The molecule has 9 heteroatoms. The summed E-state index contributed by atoms with van der Waals surface area (Å²) < 4.78 is 28.6. The van der Waals surface area contributed by atoms with Crippen LogP contribution in [0.3, 0.4) is 0 Å². The third-order valence-electron chi connectivity index (χ3n) is 3.42. The largest absolute Gasteiger partial charge is 0.377 e. The van der Waals surface area contributed by atoms with Gasteiger partial charge < -0.3 is 10.1 Å². The van der Waals surface area contributed by atoms with Gasteiger partial charge in [-0.3, -0.25) is 9.89 Å². The van der Waals surface area contributed by atoms with E-state index in [9.17, 15) is 13.2 Å². The molecular formula is C12H18ClN3O4S. The van der Waals surface area contributed by atoms with E-state index in [-0.39, 0.29) is 23.1 Å². The van der Waals surface area contributed by atoms with Crippen molar-refractivity contribution in [1.82, 2.24) is 15.5 Å². The van der Waals surface area contributed by atoms with Gasteiger partial charge in [0.1, 0.15) is 4.90 Å². The van der Waals surface area contributed by atoms with Crippen molar-refractivity contribution in [2.45, 2.75) is 43.1 Å². The fraction of sp³-hybridized carbons (Fsp3) is 0.667. The molecule has 1 aromatic heterocycles. The molecule has 1 fully saturated rings. The second-order valence-corrected chi connectivity index (χ2v) is 8.18. The lowest BCUT2D eigenvalue weighted by molar-refractivity contribution is 0.0228. The van der Waals surface area contributed by atoms with Crippen LogP contribution in [0, 0.1) is 0 Å². The van der Waals surface area contributed by atoms with Gasteiger partial charge in [0.2, 0.25) is 0 Å². The summed E-state index contributed by atoms with van der Waals surface area (Å²) in [5.41, 5.74) is -0.342. The summed E-state index contributed by atoms with van der Waals surface area (Å²) in [6.45, 7) is 3.81. The van der Waals surface area contributed by atoms with E-state index in [1.54, 1.807) is 13.8 Å². The van der Waals surface area contributed by atoms with Crippen LogP contribution < -0.4 is 5.32 Å². The Hall–Kier alpha value is -1.12. The third-order valence-corrected chi connectivity index (χ3v) is 4.78. The average Bonchev–Trinajstić information content (AvgIpc) is 3.13. The number of rotatable bonds is 6. The molecule has 7 nitrogen and oxygen atoms in total. The number of methoxy groups -OCH3 is 1. The number of carbonyl (C=O) groups is 1. The van der Waals surface area contributed by atoms with Crippen molar-refractivity contribution in [2.75, 3.05) is 13.7 Å². The molecule has 0 unspecified atom stereocenters. The molecule has 0 atom stereocenters. The fourth-order valence-corrected chi connectivity index (χ4v) is 3.16. The van der Waals surface area contributed by atoms with Crippen LogP contribution in [0.2, 0.25) is 0 Å². The lowest BCUT2D eigenvalue weighted by Gasteiger charge is -2.22. The van der Waals surface area contributed by atoms with Gasteiger partial charge in [0, 0.05) is 30.3 Å². The number of nitrogens with one attached hydrogen (secondary N) is 2. The van der Waals surface area contributed by atoms with Crippen molar-refractivity contribution in [3.05, 3.63) is 11.4 Å². The molecule has 1 saturated carbocycles. The first-order valence-corrected chi connectivity index (χ1v) is 8.83. The maximum atomic E-state index is 12.2. The van der Waals surface area contributed by atoms with E-state index in [2.05, 4.69) is 15.5 Å². The van der Waals surface area contributed by atoms with Crippen LogP contribution in [0.25, 0.3) is 0 Å². The molecule has 1 aliphatic carbocycles. The maximum Gasteiger partial charge on any atom is 0.273 e. The Morgan fingerprint density at radius 1 is 1.52 bits per heavy atom. The zero-order chi connectivity index (χ0) is 15.8. The molecule has 1 amide bonds. The van der Waals surface area contributed by atoms with E-state index >= 15 is 0 Å². The molecule has 0 saturated heterocycles. The highest BCUT2D eigenvalue weighted by atomic mass is 35.7. The van der Waals surface area contributed by atoms with Gasteiger partial charge in [-0.1, -0.05) is 0 Å². The Kier molecular flexibility index (Phi) is 4.32. The predicted octanol–water partition coefficient (Wildman–Crippen LogP) is 1.37. The molecule has 2 rings (SSSR count). The van der Waals surface area contributed by atoms with Gasteiger partial charge in [-0.05, 0) is 26.7 Å². The van der Waals surface area contributed by atoms with Crippen LogP contribution >= 0.6 is 10.7 Å². The molecule has 0 bridgehead atoms. The van der Waals surface area contributed by atoms with Crippen LogP contribution in [0.5, 0.6) is 0 Å². The predicted molar refractivity (Wildman–Crippen MR) is 77.0 cm³/mol. The first kappa shape index (κ1) is 16.3. The maximum absolute atomic E-state index is 12.2. The first-order valence-electron chi connectivity index (χ1n) is 6.52. The molecule has 1 aliphatic rings. The Morgan fingerprint density at radius 3 is 2.62 bits per heavy atom. The highest BCUT2D eigenvalue weighted by Crippen LogP contribution is 2.43. The minimum atomic E-state index is -4.04. The summed E-state index contributed by atoms with van der Waals surface area (Å²) in [6, 6.07) is 0. The molecule has 2 N–H and O–H groups in total. The summed E-state index contributed by atoms with van der Waals surface area (Å²) in [5.74, 6) is -0.513. The summed E-state index contributed by atoms with van der Waals surface area (Å²) in [5, 5.41) is 9.06. The molecule has 1 heterocycles. The van der Waals surface area contributed by atoms with Crippen LogP contribution in [0.15, 0.2) is 4.90 Å². The normalized spacial score (nSPS) is 16.0. The van der Waals surface area contributed by atoms with Gasteiger partial charge in [0.25, 0.3) is 15.0 Å². The number of nitrogens with zero attached hydrogens (tertiary/aromatic N) is 1. The quantitative estimate of drug-likeness (QED) is 0.764. The lowest BCUT2D eigenvalue weighted by atomic mass is 10.1. The molecular weight excluding hydrogens is 318 g/mol. The number of carbonyl (C=O) groups excluding carboxylic acids is 1. The van der Waals surface area contributed by atoms with E-state index in [0.29, 0.717) is 5.69 Å². The number of H-pyrrole nitrogens is 1. The van der Waals surface area contributed by atoms with Crippen LogP contribution in [-0.4, -0.2) is 43.8 Å². The average molecular weight is 336 g/mol. The molecule has 0 spiro atoms. The number of hydrogen-bond acceptors (Lipinski definition) is 5.